The smallest absolute Gasteiger partial charge is 0.234 e. The maximum absolute atomic E-state index is 14.5. The molecule has 0 saturated carbocycles. The van der Waals surface area contributed by atoms with Crippen molar-refractivity contribution in [1.82, 2.24) is 0 Å². The Morgan fingerprint density at radius 2 is 0.389 bits per heavy atom. The van der Waals surface area contributed by atoms with E-state index < -0.39 is 32.6 Å². The maximum atomic E-state index is 14.5. The minimum absolute atomic E-state index is 0.118. The van der Waals surface area contributed by atoms with E-state index in [0.29, 0.717) is 38.5 Å². The Morgan fingerprint density at radius 3 is 0.500 bits per heavy atom. The van der Waals surface area contributed by atoms with Crippen LogP contribution in [0.4, 0.5) is 0 Å². The highest BCUT2D eigenvalue weighted by atomic mass is 16.2. The lowest BCUT2D eigenvalue weighted by Crippen LogP contribution is -2.30. The molecule has 6 heteroatoms. The Bertz CT molecular complexity index is 1950. The second-order valence-electron chi connectivity index (χ2n) is 15.1. The molecule has 0 aliphatic heterocycles. The van der Waals surface area contributed by atoms with Gasteiger partial charge in [0.1, 0.15) is 0 Å². The van der Waals surface area contributed by atoms with Crippen molar-refractivity contribution in [3.05, 3.63) is 131 Å². The topological polar surface area (TPSA) is 102 Å². The minimum atomic E-state index is -0.950. The lowest BCUT2D eigenvalue weighted by Gasteiger charge is -2.11. The highest BCUT2D eigenvalue weighted by molar-refractivity contribution is 5.90. The molecule has 0 atom stereocenters. The molecule has 0 N–H and O–H groups in total. The van der Waals surface area contributed by atoms with Gasteiger partial charge in [0.15, 0.2) is 0 Å². The van der Waals surface area contributed by atoms with Gasteiger partial charge in [-0.05, 0) is 147 Å². The van der Waals surface area contributed by atoms with Crippen LogP contribution in [0.5, 0.6) is 0 Å². The number of aryl methyl sites for hydroxylation is 6. The van der Waals surface area contributed by atoms with Gasteiger partial charge in [-0.1, -0.05) is 80.1 Å². The third-order valence-electron chi connectivity index (χ3n) is 10.9. The van der Waals surface area contributed by atoms with E-state index in [-0.39, 0.29) is 32.3 Å². The van der Waals surface area contributed by atoms with E-state index in [1.54, 1.807) is 36.4 Å². The average molecular weight is 733 g/mol. The number of rotatable bonds is 18. The van der Waals surface area contributed by atoms with E-state index in [4.69, 9.17) is 0 Å². The summed E-state index contributed by atoms with van der Waals surface area (Å²) < 4.78 is 0. The lowest BCUT2D eigenvalue weighted by atomic mass is 9.92. The molecule has 6 nitrogen and oxygen atoms in total. The van der Waals surface area contributed by atoms with Crippen molar-refractivity contribution in [3.63, 3.8) is 0 Å². The normalized spacial score (nSPS) is 11.4. The molecule has 288 valence electrons. The van der Waals surface area contributed by atoms with E-state index in [1.165, 1.54) is 0 Å². The van der Waals surface area contributed by atoms with Gasteiger partial charge in [0.2, 0.25) is 32.6 Å². The molecular formula is C48H60O6. The lowest BCUT2D eigenvalue weighted by molar-refractivity contribution is 0.759. The number of unbranched alkanes of at least 4 members (excludes halogenated alkanes) is 6. The summed E-state index contributed by atoms with van der Waals surface area (Å²) in [6.07, 6.45) is 14.5. The van der Waals surface area contributed by atoms with Crippen LogP contribution in [0.25, 0.3) is 32.3 Å². The Morgan fingerprint density at radius 1 is 0.259 bits per heavy atom. The van der Waals surface area contributed by atoms with Crippen LogP contribution in [-0.4, -0.2) is 0 Å². The number of hydrogen-bond acceptors (Lipinski definition) is 6. The van der Waals surface area contributed by atoms with Crippen LogP contribution in [0.2, 0.25) is 0 Å². The number of benzene rings is 3. The molecule has 0 saturated heterocycles. The van der Waals surface area contributed by atoms with E-state index in [1.807, 2.05) is 0 Å². The predicted molar refractivity (Wildman–Crippen MR) is 228 cm³/mol. The number of fused-ring (bicyclic) bond motifs is 3. The first-order chi connectivity index (χ1) is 26.1. The molecule has 0 spiro atoms. The highest BCUT2D eigenvalue weighted by Gasteiger charge is 2.18. The van der Waals surface area contributed by atoms with Crippen molar-refractivity contribution in [2.24, 2.45) is 0 Å². The van der Waals surface area contributed by atoms with Crippen LogP contribution in [-0.2, 0) is 38.5 Å². The van der Waals surface area contributed by atoms with Gasteiger partial charge in [-0.3, -0.25) is 28.8 Å². The fourth-order valence-corrected chi connectivity index (χ4v) is 7.53. The van der Waals surface area contributed by atoms with Gasteiger partial charge in [0.25, 0.3) is 0 Å². The van der Waals surface area contributed by atoms with Crippen molar-refractivity contribution in [1.29, 1.82) is 0 Å². The molecule has 0 fully saturated rings. The van der Waals surface area contributed by atoms with Crippen LogP contribution in [0.1, 0.15) is 152 Å². The third kappa shape index (κ3) is 9.67. The molecular weight excluding hydrogens is 673 g/mol. The molecule has 0 amide bonds. The summed E-state index contributed by atoms with van der Waals surface area (Å²) in [6, 6.07) is 9.89. The van der Waals surface area contributed by atoms with Gasteiger partial charge in [0, 0.05) is 32.3 Å². The Balaban J connectivity index is 2.46. The standard InChI is InChI=1S/C48H60O6/c1-7-13-19-31-25-37-38(26-32(31)20-14-8-2)44(50)46(52)41-29-35(23-17-11-5)36(24-18-12-6)30-42(41)48(54)47(53)40-28-34(22-16-10-4)33(21-15-9-3)27-39(40)45(51)43(37)49/h25-30H,7-24H2,1-6H3. The van der Waals surface area contributed by atoms with Crippen molar-refractivity contribution in [2.45, 2.75) is 157 Å². The van der Waals surface area contributed by atoms with Crippen LogP contribution in [0, 0.1) is 0 Å². The molecule has 0 aliphatic rings. The molecule has 0 aromatic heterocycles. The van der Waals surface area contributed by atoms with Crippen LogP contribution < -0.4 is 32.6 Å². The zero-order valence-corrected chi connectivity index (χ0v) is 33.6. The minimum Gasteiger partial charge on any atom is -0.285 e. The molecule has 0 radical (unpaired) electrons. The van der Waals surface area contributed by atoms with Crippen LogP contribution in [0.15, 0.2) is 65.2 Å². The summed E-state index contributed by atoms with van der Waals surface area (Å²) in [5.74, 6) is 0. The van der Waals surface area contributed by atoms with E-state index >= 15 is 0 Å². The van der Waals surface area contributed by atoms with Gasteiger partial charge in [-0.2, -0.15) is 0 Å². The van der Waals surface area contributed by atoms with Gasteiger partial charge < -0.3 is 0 Å². The third-order valence-corrected chi connectivity index (χ3v) is 10.9. The van der Waals surface area contributed by atoms with E-state index in [0.717, 1.165) is 110 Å². The van der Waals surface area contributed by atoms with Crippen LogP contribution >= 0.6 is 0 Å². The summed E-state index contributed by atoms with van der Waals surface area (Å²) in [7, 11) is 0. The summed E-state index contributed by atoms with van der Waals surface area (Å²) >= 11 is 0. The first kappa shape index (κ1) is 42.4. The van der Waals surface area contributed by atoms with Gasteiger partial charge in [0.05, 0.1) is 0 Å². The zero-order valence-electron chi connectivity index (χ0n) is 33.6. The van der Waals surface area contributed by atoms with Gasteiger partial charge >= 0.3 is 0 Å². The number of hydrogen-bond donors (Lipinski definition) is 0. The molecule has 0 aliphatic carbocycles. The maximum Gasteiger partial charge on any atom is 0.234 e. The van der Waals surface area contributed by atoms with Crippen molar-refractivity contribution >= 4 is 32.3 Å². The second kappa shape index (κ2) is 20.4. The fraction of sp³-hybridized carbons (Fsp3) is 0.500. The molecule has 54 heavy (non-hydrogen) atoms. The van der Waals surface area contributed by atoms with Gasteiger partial charge in [-0.25, -0.2) is 0 Å². The Hall–Kier alpha value is -4.32. The summed E-state index contributed by atoms with van der Waals surface area (Å²) in [6.45, 7) is 12.5. The molecule has 4 aromatic rings. The Labute approximate surface area is 319 Å². The first-order valence-electron chi connectivity index (χ1n) is 20.8. The van der Waals surface area contributed by atoms with E-state index in [9.17, 15) is 28.8 Å². The first-order valence-corrected chi connectivity index (χ1v) is 20.8. The quantitative estimate of drug-likeness (QED) is 0.0945. The molecule has 0 heterocycles. The second-order valence-corrected chi connectivity index (χ2v) is 15.1. The summed E-state index contributed by atoms with van der Waals surface area (Å²) in [4.78, 5) is 87.3. The average Bonchev–Trinajstić information content (AvgIpc) is 3.19. The largest absolute Gasteiger partial charge is 0.285 e. The monoisotopic (exact) mass is 732 g/mol. The fourth-order valence-electron chi connectivity index (χ4n) is 7.53. The SMILES string of the molecule is CCCCc1cc2c(=O)c(=O)c3cc(CCCC)c(CCCC)cc3c(=O)c(=O)c3cc(CCCC)c(CCCC)cc3c(=O)c(=O)c2cc1CCCC. The van der Waals surface area contributed by atoms with Crippen molar-refractivity contribution in [3.8, 4) is 0 Å². The molecule has 4 aromatic carbocycles. The highest BCUT2D eigenvalue weighted by Crippen LogP contribution is 2.23. The summed E-state index contributed by atoms with van der Waals surface area (Å²) in [5.41, 5.74) is -0.417. The molecule has 4 rings (SSSR count). The predicted octanol–water partition coefficient (Wildman–Crippen LogP) is 9.36. The molecule has 0 bridgehead atoms. The van der Waals surface area contributed by atoms with Crippen molar-refractivity contribution in [2.75, 3.05) is 0 Å². The Kier molecular flexibility index (Phi) is 16.0. The molecule has 0 unspecified atom stereocenters. The van der Waals surface area contributed by atoms with E-state index in [2.05, 4.69) is 41.5 Å². The van der Waals surface area contributed by atoms with Crippen LogP contribution in [0.3, 0.4) is 0 Å². The zero-order chi connectivity index (χ0) is 39.4. The van der Waals surface area contributed by atoms with Gasteiger partial charge in [-0.15, -0.1) is 0 Å². The summed E-state index contributed by atoms with van der Waals surface area (Å²) in [5, 5.41) is -0.708. The van der Waals surface area contributed by atoms with Crippen molar-refractivity contribution < 1.29 is 0 Å².